The highest BCUT2D eigenvalue weighted by molar-refractivity contribution is 5.27. The Bertz CT molecular complexity index is 428. The van der Waals surface area contributed by atoms with Crippen molar-refractivity contribution in [2.45, 2.75) is 13.5 Å². The van der Waals surface area contributed by atoms with Gasteiger partial charge in [-0.1, -0.05) is 0 Å². The van der Waals surface area contributed by atoms with Gasteiger partial charge in [0.2, 0.25) is 5.95 Å². The van der Waals surface area contributed by atoms with Crippen molar-refractivity contribution in [3.05, 3.63) is 48.0 Å². The van der Waals surface area contributed by atoms with E-state index in [4.69, 9.17) is 0 Å². The van der Waals surface area contributed by atoms with Crippen LogP contribution in [0.1, 0.15) is 11.3 Å². The van der Waals surface area contributed by atoms with Crippen molar-refractivity contribution in [2.75, 3.05) is 5.32 Å². The van der Waals surface area contributed by atoms with E-state index in [-0.39, 0.29) is 0 Å². The number of aromatic nitrogens is 3. The molecule has 0 atom stereocenters. The summed E-state index contributed by atoms with van der Waals surface area (Å²) < 4.78 is 0. The van der Waals surface area contributed by atoms with Crippen LogP contribution in [0, 0.1) is 6.92 Å². The van der Waals surface area contributed by atoms with Gasteiger partial charge in [0, 0.05) is 30.8 Å². The topological polar surface area (TPSA) is 50.7 Å². The first-order chi connectivity index (χ1) is 7.34. The number of nitrogens with one attached hydrogen (secondary N) is 1. The molecule has 2 aromatic rings. The van der Waals surface area contributed by atoms with Crippen molar-refractivity contribution in [2.24, 2.45) is 0 Å². The van der Waals surface area contributed by atoms with Gasteiger partial charge in [-0.2, -0.15) is 0 Å². The van der Waals surface area contributed by atoms with Crippen molar-refractivity contribution in [3.63, 3.8) is 0 Å². The SMILES string of the molecule is Cc1ccnc(NCc2ccncc2)n1. The Balaban J connectivity index is 1.99. The summed E-state index contributed by atoms with van der Waals surface area (Å²) in [6.45, 7) is 2.66. The summed E-state index contributed by atoms with van der Waals surface area (Å²) in [5.74, 6) is 0.659. The Kier molecular flexibility index (Phi) is 2.88. The first-order valence-corrected chi connectivity index (χ1v) is 4.77. The summed E-state index contributed by atoms with van der Waals surface area (Å²) in [4.78, 5) is 12.3. The van der Waals surface area contributed by atoms with E-state index in [0.29, 0.717) is 12.5 Å². The lowest BCUT2D eigenvalue weighted by Gasteiger charge is -2.04. The molecule has 76 valence electrons. The van der Waals surface area contributed by atoms with Crippen LogP contribution in [0.15, 0.2) is 36.8 Å². The highest BCUT2D eigenvalue weighted by Gasteiger charge is 1.95. The predicted octanol–water partition coefficient (Wildman–Crippen LogP) is 1.79. The van der Waals surface area contributed by atoms with Crippen molar-refractivity contribution in [3.8, 4) is 0 Å². The second-order valence-electron chi connectivity index (χ2n) is 3.23. The van der Waals surface area contributed by atoms with Gasteiger partial charge in [0.05, 0.1) is 0 Å². The monoisotopic (exact) mass is 200 g/mol. The third kappa shape index (κ3) is 2.74. The van der Waals surface area contributed by atoms with Crippen molar-refractivity contribution in [1.82, 2.24) is 15.0 Å². The second kappa shape index (κ2) is 4.50. The largest absolute Gasteiger partial charge is 0.350 e. The molecule has 0 spiro atoms. The molecule has 0 saturated heterocycles. The molecule has 1 N–H and O–H groups in total. The van der Waals surface area contributed by atoms with E-state index in [9.17, 15) is 0 Å². The maximum atomic E-state index is 4.25. The van der Waals surface area contributed by atoms with Gasteiger partial charge < -0.3 is 5.32 Å². The van der Waals surface area contributed by atoms with Crippen LogP contribution in [0.5, 0.6) is 0 Å². The fraction of sp³-hybridized carbons (Fsp3) is 0.182. The van der Waals surface area contributed by atoms with Gasteiger partial charge in [0.15, 0.2) is 0 Å². The average Bonchev–Trinajstić information content (AvgIpc) is 2.28. The van der Waals surface area contributed by atoms with E-state index in [0.717, 1.165) is 11.3 Å². The van der Waals surface area contributed by atoms with Crippen LogP contribution in [0.25, 0.3) is 0 Å². The Morgan fingerprint density at radius 1 is 1.13 bits per heavy atom. The third-order valence-corrected chi connectivity index (χ3v) is 1.99. The van der Waals surface area contributed by atoms with Crippen LogP contribution in [-0.2, 0) is 6.54 Å². The predicted molar refractivity (Wildman–Crippen MR) is 58.3 cm³/mol. The molecule has 2 rings (SSSR count). The average molecular weight is 200 g/mol. The Morgan fingerprint density at radius 3 is 2.67 bits per heavy atom. The normalized spacial score (nSPS) is 9.93. The Hall–Kier alpha value is -1.97. The fourth-order valence-electron chi connectivity index (χ4n) is 1.22. The zero-order chi connectivity index (χ0) is 10.5. The minimum Gasteiger partial charge on any atom is -0.350 e. The second-order valence-corrected chi connectivity index (χ2v) is 3.23. The molecule has 0 bridgehead atoms. The molecule has 15 heavy (non-hydrogen) atoms. The lowest BCUT2D eigenvalue weighted by Crippen LogP contribution is -2.03. The van der Waals surface area contributed by atoms with E-state index >= 15 is 0 Å². The first kappa shape index (κ1) is 9.58. The summed E-state index contributed by atoms with van der Waals surface area (Å²) in [6.07, 6.45) is 5.29. The molecule has 4 heteroatoms. The number of hydrogen-bond donors (Lipinski definition) is 1. The molecule has 0 radical (unpaired) electrons. The van der Waals surface area contributed by atoms with Crippen LogP contribution in [0.2, 0.25) is 0 Å². The number of anilines is 1. The van der Waals surface area contributed by atoms with E-state index in [2.05, 4.69) is 20.3 Å². The lowest BCUT2D eigenvalue weighted by atomic mass is 10.3. The zero-order valence-electron chi connectivity index (χ0n) is 8.51. The van der Waals surface area contributed by atoms with Gasteiger partial charge in [-0.3, -0.25) is 4.98 Å². The summed E-state index contributed by atoms with van der Waals surface area (Å²) in [5.41, 5.74) is 2.12. The summed E-state index contributed by atoms with van der Waals surface area (Å²) in [5, 5.41) is 3.15. The summed E-state index contributed by atoms with van der Waals surface area (Å²) in [7, 11) is 0. The maximum Gasteiger partial charge on any atom is 0.223 e. The van der Waals surface area contributed by atoms with E-state index < -0.39 is 0 Å². The number of aryl methyl sites for hydroxylation is 1. The standard InChI is InChI=1S/C11H12N4/c1-9-2-7-13-11(15-9)14-8-10-3-5-12-6-4-10/h2-7H,8H2,1H3,(H,13,14,15). The molecule has 2 heterocycles. The molecular formula is C11H12N4. The first-order valence-electron chi connectivity index (χ1n) is 4.77. The van der Waals surface area contributed by atoms with Gasteiger partial charge in [-0.15, -0.1) is 0 Å². The van der Waals surface area contributed by atoms with Crippen molar-refractivity contribution < 1.29 is 0 Å². The molecule has 2 aromatic heterocycles. The Labute approximate surface area is 88.4 Å². The van der Waals surface area contributed by atoms with Gasteiger partial charge in [-0.25, -0.2) is 9.97 Å². The molecule has 0 aliphatic carbocycles. The number of hydrogen-bond acceptors (Lipinski definition) is 4. The minimum absolute atomic E-state index is 0.659. The van der Waals surface area contributed by atoms with Crippen LogP contribution in [0.4, 0.5) is 5.95 Å². The maximum absolute atomic E-state index is 4.25. The van der Waals surface area contributed by atoms with Gasteiger partial charge in [-0.05, 0) is 30.7 Å². The van der Waals surface area contributed by atoms with E-state index in [1.807, 2.05) is 25.1 Å². The number of nitrogens with zero attached hydrogens (tertiary/aromatic N) is 3. The van der Waals surface area contributed by atoms with E-state index in [1.54, 1.807) is 18.6 Å². The minimum atomic E-state index is 0.659. The highest BCUT2D eigenvalue weighted by atomic mass is 15.1. The molecule has 0 amide bonds. The molecule has 0 aliphatic heterocycles. The molecule has 0 unspecified atom stereocenters. The highest BCUT2D eigenvalue weighted by Crippen LogP contribution is 2.02. The van der Waals surface area contributed by atoms with Crippen molar-refractivity contribution in [1.29, 1.82) is 0 Å². The van der Waals surface area contributed by atoms with Crippen LogP contribution >= 0.6 is 0 Å². The fourth-order valence-corrected chi connectivity index (χ4v) is 1.22. The molecule has 0 saturated carbocycles. The van der Waals surface area contributed by atoms with Gasteiger partial charge in [0.25, 0.3) is 0 Å². The summed E-state index contributed by atoms with van der Waals surface area (Å²) >= 11 is 0. The van der Waals surface area contributed by atoms with Crippen LogP contribution in [0.3, 0.4) is 0 Å². The zero-order valence-corrected chi connectivity index (χ0v) is 8.51. The molecule has 0 fully saturated rings. The smallest absolute Gasteiger partial charge is 0.223 e. The lowest BCUT2D eigenvalue weighted by molar-refractivity contribution is 1.02. The molecule has 0 aliphatic rings. The Morgan fingerprint density at radius 2 is 1.93 bits per heavy atom. The van der Waals surface area contributed by atoms with Gasteiger partial charge in [0.1, 0.15) is 0 Å². The van der Waals surface area contributed by atoms with Gasteiger partial charge >= 0.3 is 0 Å². The third-order valence-electron chi connectivity index (χ3n) is 1.99. The summed E-state index contributed by atoms with van der Waals surface area (Å²) in [6, 6.07) is 5.79. The number of pyridine rings is 1. The van der Waals surface area contributed by atoms with Crippen LogP contribution in [-0.4, -0.2) is 15.0 Å². The number of rotatable bonds is 3. The van der Waals surface area contributed by atoms with Crippen molar-refractivity contribution >= 4 is 5.95 Å². The molecule has 4 nitrogen and oxygen atoms in total. The molecular weight excluding hydrogens is 188 g/mol. The van der Waals surface area contributed by atoms with Crippen LogP contribution < -0.4 is 5.32 Å². The van der Waals surface area contributed by atoms with E-state index in [1.165, 1.54) is 0 Å². The quantitative estimate of drug-likeness (QED) is 0.820. The molecule has 0 aromatic carbocycles.